The molecule has 2 nitrogen and oxygen atoms in total. The molecule has 0 saturated carbocycles. The van der Waals surface area contributed by atoms with Gasteiger partial charge in [0.25, 0.3) is 0 Å². The lowest BCUT2D eigenvalue weighted by Gasteiger charge is -2.26. The van der Waals surface area contributed by atoms with Crippen LogP contribution in [0.1, 0.15) is 39.0 Å². The molecule has 2 heteroatoms. The first-order valence-corrected chi connectivity index (χ1v) is 5.75. The Kier molecular flexibility index (Phi) is 5.40. The van der Waals surface area contributed by atoms with Crippen LogP contribution in [-0.2, 0) is 0 Å². The zero-order chi connectivity index (χ0) is 9.52. The van der Waals surface area contributed by atoms with Crippen LogP contribution in [0.5, 0.6) is 0 Å². The van der Waals surface area contributed by atoms with E-state index in [2.05, 4.69) is 24.2 Å². The Morgan fingerprint density at radius 2 is 2.23 bits per heavy atom. The summed E-state index contributed by atoms with van der Waals surface area (Å²) in [6, 6.07) is 0.786. The third-order valence-electron chi connectivity index (χ3n) is 3.01. The molecule has 1 heterocycles. The van der Waals surface area contributed by atoms with E-state index < -0.39 is 0 Å². The minimum absolute atomic E-state index is 0.786. The van der Waals surface area contributed by atoms with Crippen LogP contribution < -0.4 is 5.32 Å². The predicted molar refractivity (Wildman–Crippen MR) is 58.0 cm³/mol. The van der Waals surface area contributed by atoms with Gasteiger partial charge in [0.2, 0.25) is 0 Å². The highest BCUT2D eigenvalue weighted by Crippen LogP contribution is 2.10. The number of hydrogen-bond acceptors (Lipinski definition) is 2. The maximum Gasteiger partial charge on any atom is 0.0217 e. The maximum absolute atomic E-state index is 3.51. The average molecular weight is 184 g/mol. The Morgan fingerprint density at radius 3 is 3.00 bits per heavy atom. The molecule has 1 aliphatic rings. The molecule has 0 amide bonds. The van der Waals surface area contributed by atoms with Gasteiger partial charge in [-0.1, -0.05) is 19.8 Å². The van der Waals surface area contributed by atoms with Crippen LogP contribution in [0, 0.1) is 0 Å². The van der Waals surface area contributed by atoms with Crippen molar-refractivity contribution in [1.82, 2.24) is 10.2 Å². The summed E-state index contributed by atoms with van der Waals surface area (Å²) < 4.78 is 0. The van der Waals surface area contributed by atoms with Gasteiger partial charge < -0.3 is 10.2 Å². The van der Waals surface area contributed by atoms with Crippen LogP contribution in [-0.4, -0.2) is 37.6 Å². The van der Waals surface area contributed by atoms with E-state index in [1.54, 1.807) is 0 Å². The van der Waals surface area contributed by atoms with Crippen molar-refractivity contribution in [3.63, 3.8) is 0 Å². The smallest absolute Gasteiger partial charge is 0.0217 e. The second-order valence-corrected chi connectivity index (χ2v) is 4.19. The van der Waals surface area contributed by atoms with Gasteiger partial charge in [0.05, 0.1) is 0 Å². The molecule has 1 atom stereocenters. The first-order chi connectivity index (χ1) is 6.34. The zero-order valence-corrected chi connectivity index (χ0v) is 9.18. The summed E-state index contributed by atoms with van der Waals surface area (Å²) in [6.07, 6.45) is 6.79. The summed E-state index contributed by atoms with van der Waals surface area (Å²) in [6.45, 7) is 5.94. The third kappa shape index (κ3) is 4.10. The molecule has 1 saturated heterocycles. The van der Waals surface area contributed by atoms with Gasteiger partial charge in [-0.25, -0.2) is 0 Å². The monoisotopic (exact) mass is 184 g/mol. The SMILES string of the molecule is CCCCN(C)C1CCCCNC1. The molecule has 1 unspecified atom stereocenters. The van der Waals surface area contributed by atoms with Crippen molar-refractivity contribution in [2.24, 2.45) is 0 Å². The number of likely N-dealkylation sites (N-methyl/N-ethyl adjacent to an activating group) is 1. The molecule has 1 aliphatic heterocycles. The van der Waals surface area contributed by atoms with Gasteiger partial charge in [-0.2, -0.15) is 0 Å². The quantitative estimate of drug-likeness (QED) is 0.717. The number of nitrogens with one attached hydrogen (secondary N) is 1. The lowest BCUT2D eigenvalue weighted by atomic mass is 10.1. The Morgan fingerprint density at radius 1 is 1.38 bits per heavy atom. The maximum atomic E-state index is 3.51. The summed E-state index contributed by atoms with van der Waals surface area (Å²) in [5.41, 5.74) is 0. The van der Waals surface area contributed by atoms with Crippen molar-refractivity contribution in [3.8, 4) is 0 Å². The highest BCUT2D eigenvalue weighted by Gasteiger charge is 2.15. The molecule has 0 aliphatic carbocycles. The number of hydrogen-bond donors (Lipinski definition) is 1. The topological polar surface area (TPSA) is 15.3 Å². The lowest BCUT2D eigenvalue weighted by Crippen LogP contribution is -2.39. The van der Waals surface area contributed by atoms with E-state index >= 15 is 0 Å². The Hall–Kier alpha value is -0.0800. The van der Waals surface area contributed by atoms with Gasteiger partial charge in [0.15, 0.2) is 0 Å². The molecule has 0 bridgehead atoms. The molecular formula is C11H24N2. The lowest BCUT2D eigenvalue weighted by molar-refractivity contribution is 0.227. The molecule has 1 rings (SSSR count). The van der Waals surface area contributed by atoms with Crippen LogP contribution in [0.4, 0.5) is 0 Å². The van der Waals surface area contributed by atoms with Crippen molar-refractivity contribution in [1.29, 1.82) is 0 Å². The summed E-state index contributed by atoms with van der Waals surface area (Å²) in [5.74, 6) is 0. The van der Waals surface area contributed by atoms with Gasteiger partial charge >= 0.3 is 0 Å². The van der Waals surface area contributed by atoms with Crippen LogP contribution in [0.25, 0.3) is 0 Å². The van der Waals surface area contributed by atoms with Gasteiger partial charge in [-0.3, -0.25) is 0 Å². The molecule has 1 N–H and O–H groups in total. The zero-order valence-electron chi connectivity index (χ0n) is 9.18. The largest absolute Gasteiger partial charge is 0.315 e. The third-order valence-corrected chi connectivity index (χ3v) is 3.01. The summed E-state index contributed by atoms with van der Waals surface area (Å²) in [5, 5.41) is 3.51. The van der Waals surface area contributed by atoms with Crippen molar-refractivity contribution in [2.45, 2.75) is 45.1 Å². The first kappa shape index (κ1) is 11.0. The molecule has 13 heavy (non-hydrogen) atoms. The minimum Gasteiger partial charge on any atom is -0.315 e. The molecule has 0 radical (unpaired) electrons. The average Bonchev–Trinajstić information content (AvgIpc) is 2.42. The van der Waals surface area contributed by atoms with Crippen LogP contribution >= 0.6 is 0 Å². The summed E-state index contributed by atoms with van der Waals surface area (Å²) in [7, 11) is 2.27. The molecular weight excluding hydrogens is 160 g/mol. The van der Waals surface area contributed by atoms with E-state index in [1.807, 2.05) is 0 Å². The highest BCUT2D eigenvalue weighted by molar-refractivity contribution is 4.74. The fraction of sp³-hybridized carbons (Fsp3) is 1.00. The standard InChI is InChI=1S/C11H24N2/c1-3-4-9-13(2)11-7-5-6-8-12-10-11/h11-12H,3-10H2,1-2H3. The van der Waals surface area contributed by atoms with Crippen molar-refractivity contribution in [2.75, 3.05) is 26.7 Å². The predicted octanol–water partition coefficient (Wildman–Crippen LogP) is 1.86. The number of nitrogens with zero attached hydrogens (tertiary/aromatic N) is 1. The van der Waals surface area contributed by atoms with Crippen LogP contribution in [0.2, 0.25) is 0 Å². The molecule has 1 fully saturated rings. The fourth-order valence-electron chi connectivity index (χ4n) is 1.97. The second-order valence-electron chi connectivity index (χ2n) is 4.19. The van der Waals surface area contributed by atoms with E-state index in [-0.39, 0.29) is 0 Å². The Balaban J connectivity index is 2.22. The van der Waals surface area contributed by atoms with E-state index in [1.165, 1.54) is 51.7 Å². The van der Waals surface area contributed by atoms with Gasteiger partial charge in [-0.05, 0) is 39.4 Å². The normalized spacial score (nSPS) is 24.7. The fourth-order valence-corrected chi connectivity index (χ4v) is 1.97. The summed E-state index contributed by atoms with van der Waals surface area (Å²) in [4.78, 5) is 2.53. The van der Waals surface area contributed by atoms with Gasteiger partial charge in [0, 0.05) is 12.6 Å². The highest BCUT2D eigenvalue weighted by atomic mass is 15.1. The first-order valence-electron chi connectivity index (χ1n) is 5.75. The van der Waals surface area contributed by atoms with E-state index in [0.29, 0.717) is 0 Å². The molecule has 0 aromatic heterocycles. The van der Waals surface area contributed by atoms with Gasteiger partial charge in [-0.15, -0.1) is 0 Å². The van der Waals surface area contributed by atoms with Crippen molar-refractivity contribution >= 4 is 0 Å². The second kappa shape index (κ2) is 6.39. The Labute approximate surface area is 82.7 Å². The van der Waals surface area contributed by atoms with Gasteiger partial charge in [0.1, 0.15) is 0 Å². The number of rotatable bonds is 4. The Bertz CT molecular complexity index is 117. The van der Waals surface area contributed by atoms with Crippen LogP contribution in [0.3, 0.4) is 0 Å². The van der Waals surface area contributed by atoms with Crippen LogP contribution in [0.15, 0.2) is 0 Å². The van der Waals surface area contributed by atoms with E-state index in [9.17, 15) is 0 Å². The molecule has 0 aromatic carbocycles. The van der Waals surface area contributed by atoms with E-state index in [0.717, 1.165) is 6.04 Å². The summed E-state index contributed by atoms with van der Waals surface area (Å²) >= 11 is 0. The van der Waals surface area contributed by atoms with Crippen molar-refractivity contribution < 1.29 is 0 Å². The van der Waals surface area contributed by atoms with E-state index in [4.69, 9.17) is 0 Å². The minimum atomic E-state index is 0.786. The molecule has 78 valence electrons. The molecule has 0 aromatic rings. The van der Waals surface area contributed by atoms with Crippen molar-refractivity contribution in [3.05, 3.63) is 0 Å². The number of unbranched alkanes of at least 4 members (excludes halogenated alkanes) is 1. The molecule has 0 spiro atoms.